The van der Waals surface area contributed by atoms with E-state index < -0.39 is 0 Å². The Labute approximate surface area is 126 Å². The zero-order chi connectivity index (χ0) is 15.2. The van der Waals surface area contributed by atoms with Crippen LogP contribution in [0.5, 0.6) is 5.75 Å². The third-order valence-electron chi connectivity index (χ3n) is 4.15. The van der Waals surface area contributed by atoms with Crippen LogP contribution in [0.15, 0.2) is 24.3 Å². The lowest BCUT2D eigenvalue weighted by atomic mass is 10.0. The second-order valence-corrected chi connectivity index (χ2v) is 5.85. The van der Waals surface area contributed by atoms with Gasteiger partial charge in [0.05, 0.1) is 12.7 Å². The molecule has 1 aromatic rings. The first-order valence-corrected chi connectivity index (χ1v) is 7.72. The average Bonchev–Trinajstić information content (AvgIpc) is 2.95. The van der Waals surface area contributed by atoms with Gasteiger partial charge >= 0.3 is 0 Å². The normalized spacial score (nSPS) is 19.6. The maximum atomic E-state index is 12.1. The number of aliphatic hydroxyl groups is 1. The number of hydrogen-bond acceptors (Lipinski definition) is 3. The van der Waals surface area contributed by atoms with E-state index >= 15 is 0 Å². The van der Waals surface area contributed by atoms with Crippen LogP contribution in [-0.4, -0.2) is 41.7 Å². The topological polar surface area (TPSA) is 49.8 Å². The summed E-state index contributed by atoms with van der Waals surface area (Å²) in [5.74, 6) is 1.30. The summed E-state index contributed by atoms with van der Waals surface area (Å²) in [4.78, 5) is 13.9. The second kappa shape index (κ2) is 7.46. The fourth-order valence-electron chi connectivity index (χ4n) is 2.69. The Morgan fingerprint density at radius 1 is 1.48 bits per heavy atom. The van der Waals surface area contributed by atoms with Crippen LogP contribution in [0.1, 0.15) is 31.7 Å². The summed E-state index contributed by atoms with van der Waals surface area (Å²) in [6.45, 7) is 5.84. The van der Waals surface area contributed by atoms with Crippen LogP contribution in [0, 0.1) is 12.8 Å². The summed E-state index contributed by atoms with van der Waals surface area (Å²) < 4.78 is 5.70. The van der Waals surface area contributed by atoms with E-state index in [-0.39, 0.29) is 17.9 Å². The molecule has 1 heterocycles. The van der Waals surface area contributed by atoms with Crippen LogP contribution in [0.2, 0.25) is 0 Å². The molecule has 0 radical (unpaired) electrons. The molecule has 2 unspecified atom stereocenters. The molecule has 0 bridgehead atoms. The number of benzene rings is 1. The Kier molecular flexibility index (Phi) is 5.62. The molecule has 1 aliphatic heterocycles. The van der Waals surface area contributed by atoms with Crippen LogP contribution in [0.4, 0.5) is 0 Å². The smallest absolute Gasteiger partial charge is 0.222 e. The van der Waals surface area contributed by atoms with E-state index in [9.17, 15) is 9.90 Å². The lowest BCUT2D eigenvalue weighted by molar-refractivity contribution is -0.130. The van der Waals surface area contributed by atoms with Gasteiger partial charge in [-0.2, -0.15) is 0 Å². The number of ether oxygens (including phenoxy) is 1. The van der Waals surface area contributed by atoms with Gasteiger partial charge in [0.1, 0.15) is 5.75 Å². The van der Waals surface area contributed by atoms with Crippen molar-refractivity contribution in [2.24, 2.45) is 5.92 Å². The van der Waals surface area contributed by atoms with E-state index in [1.807, 2.05) is 36.1 Å². The quantitative estimate of drug-likeness (QED) is 0.819. The molecular weight excluding hydrogens is 266 g/mol. The van der Waals surface area contributed by atoms with Crippen LogP contribution in [0.25, 0.3) is 0 Å². The number of likely N-dealkylation sites (tertiary alicyclic amines) is 1. The van der Waals surface area contributed by atoms with Gasteiger partial charge in [0.15, 0.2) is 0 Å². The highest BCUT2D eigenvalue weighted by Gasteiger charge is 2.28. The van der Waals surface area contributed by atoms with Gasteiger partial charge in [0.2, 0.25) is 5.91 Å². The first-order chi connectivity index (χ1) is 10.1. The Morgan fingerprint density at radius 3 is 2.90 bits per heavy atom. The van der Waals surface area contributed by atoms with Crippen molar-refractivity contribution in [3.63, 3.8) is 0 Å². The van der Waals surface area contributed by atoms with Crippen LogP contribution < -0.4 is 4.74 Å². The molecule has 0 saturated carbocycles. The van der Waals surface area contributed by atoms with Crippen molar-refractivity contribution in [1.29, 1.82) is 0 Å². The summed E-state index contributed by atoms with van der Waals surface area (Å²) in [6.07, 6.45) is 1.82. The van der Waals surface area contributed by atoms with Gasteiger partial charge in [-0.1, -0.05) is 18.2 Å². The Balaban J connectivity index is 1.67. The fraction of sp³-hybridized carbons (Fsp3) is 0.588. The number of aryl methyl sites for hydroxylation is 1. The van der Waals surface area contributed by atoms with E-state index in [1.165, 1.54) is 0 Å². The molecule has 1 amide bonds. The van der Waals surface area contributed by atoms with Gasteiger partial charge < -0.3 is 14.7 Å². The van der Waals surface area contributed by atoms with Crippen molar-refractivity contribution in [2.75, 3.05) is 19.7 Å². The summed E-state index contributed by atoms with van der Waals surface area (Å²) in [7, 11) is 0. The maximum absolute atomic E-state index is 12.1. The third-order valence-corrected chi connectivity index (χ3v) is 4.15. The lowest BCUT2D eigenvalue weighted by Crippen LogP contribution is -2.30. The van der Waals surface area contributed by atoms with Crippen LogP contribution in [-0.2, 0) is 4.79 Å². The molecule has 1 N–H and O–H groups in total. The molecule has 2 rings (SSSR count). The average molecular weight is 291 g/mol. The zero-order valence-corrected chi connectivity index (χ0v) is 12.9. The third kappa shape index (κ3) is 4.46. The minimum absolute atomic E-state index is 0.173. The highest BCUT2D eigenvalue weighted by molar-refractivity contribution is 5.76. The number of para-hydroxylation sites is 1. The van der Waals surface area contributed by atoms with E-state index in [0.29, 0.717) is 19.6 Å². The van der Waals surface area contributed by atoms with E-state index in [1.54, 1.807) is 6.92 Å². The van der Waals surface area contributed by atoms with Gasteiger partial charge in [-0.15, -0.1) is 0 Å². The van der Waals surface area contributed by atoms with Gasteiger partial charge in [0, 0.05) is 25.4 Å². The van der Waals surface area contributed by atoms with Gasteiger partial charge in [-0.25, -0.2) is 0 Å². The lowest BCUT2D eigenvalue weighted by Gasteiger charge is -2.17. The van der Waals surface area contributed by atoms with E-state index in [2.05, 4.69) is 0 Å². The monoisotopic (exact) mass is 291 g/mol. The number of carbonyl (C=O) groups excluding carboxylic acids is 1. The second-order valence-electron chi connectivity index (χ2n) is 5.85. The number of nitrogens with zero attached hydrogens (tertiary/aromatic N) is 1. The first kappa shape index (κ1) is 15.8. The Bertz CT molecular complexity index is 473. The fourth-order valence-corrected chi connectivity index (χ4v) is 2.69. The minimum atomic E-state index is -0.327. The van der Waals surface area contributed by atoms with E-state index in [4.69, 9.17) is 4.74 Å². The van der Waals surface area contributed by atoms with Crippen molar-refractivity contribution in [3.8, 4) is 5.75 Å². The molecule has 0 aromatic heterocycles. The molecule has 4 heteroatoms. The molecule has 1 saturated heterocycles. The van der Waals surface area contributed by atoms with Crippen molar-refractivity contribution in [2.45, 2.75) is 39.2 Å². The predicted octanol–water partition coefficient (Wildman–Crippen LogP) is 2.38. The number of rotatable bonds is 6. The van der Waals surface area contributed by atoms with Gasteiger partial charge in [0.25, 0.3) is 0 Å². The Hall–Kier alpha value is -1.55. The predicted molar refractivity (Wildman–Crippen MR) is 82.3 cm³/mol. The number of amides is 1. The highest BCUT2D eigenvalue weighted by atomic mass is 16.5. The van der Waals surface area contributed by atoms with Gasteiger partial charge in [-0.3, -0.25) is 4.79 Å². The summed E-state index contributed by atoms with van der Waals surface area (Å²) >= 11 is 0. The summed E-state index contributed by atoms with van der Waals surface area (Å²) in [5, 5.41) is 9.56. The molecule has 2 atom stereocenters. The van der Waals surface area contributed by atoms with Crippen molar-refractivity contribution in [3.05, 3.63) is 29.8 Å². The molecule has 0 aliphatic carbocycles. The van der Waals surface area contributed by atoms with Crippen LogP contribution in [0.3, 0.4) is 0 Å². The standard InChI is InChI=1S/C17H25NO3/c1-13-6-3-4-7-16(13)21-11-5-8-17(20)18-10-9-15(12-18)14(2)19/h3-4,6-7,14-15,19H,5,8-12H2,1-2H3. The molecule has 1 fully saturated rings. The van der Waals surface area contributed by atoms with Gasteiger partial charge in [-0.05, 0) is 38.3 Å². The highest BCUT2D eigenvalue weighted by Crippen LogP contribution is 2.21. The van der Waals surface area contributed by atoms with Crippen molar-refractivity contribution >= 4 is 5.91 Å². The zero-order valence-electron chi connectivity index (χ0n) is 12.9. The number of hydrogen-bond donors (Lipinski definition) is 1. The number of aliphatic hydroxyl groups excluding tert-OH is 1. The van der Waals surface area contributed by atoms with Crippen LogP contribution >= 0.6 is 0 Å². The van der Waals surface area contributed by atoms with Crippen molar-refractivity contribution < 1.29 is 14.6 Å². The molecule has 4 nitrogen and oxygen atoms in total. The SMILES string of the molecule is Cc1ccccc1OCCCC(=O)N1CCC(C(C)O)C1. The summed E-state index contributed by atoms with van der Waals surface area (Å²) in [5.41, 5.74) is 1.11. The molecule has 1 aromatic carbocycles. The molecule has 21 heavy (non-hydrogen) atoms. The molecule has 1 aliphatic rings. The first-order valence-electron chi connectivity index (χ1n) is 7.72. The number of carbonyl (C=O) groups is 1. The molecule has 116 valence electrons. The van der Waals surface area contributed by atoms with E-state index in [0.717, 1.165) is 30.7 Å². The minimum Gasteiger partial charge on any atom is -0.493 e. The Morgan fingerprint density at radius 2 is 2.24 bits per heavy atom. The largest absolute Gasteiger partial charge is 0.493 e. The maximum Gasteiger partial charge on any atom is 0.222 e. The molecular formula is C17H25NO3. The summed E-state index contributed by atoms with van der Waals surface area (Å²) in [6, 6.07) is 7.90. The molecule has 0 spiro atoms. The van der Waals surface area contributed by atoms with Crippen molar-refractivity contribution in [1.82, 2.24) is 4.90 Å².